The van der Waals surface area contributed by atoms with E-state index in [1.807, 2.05) is 0 Å². The smallest absolute Gasteiger partial charge is 0.307 e. The predicted octanol–water partition coefficient (Wildman–Crippen LogP) is 0.472. The Bertz CT molecular complexity index is 410. The first-order valence-electron chi connectivity index (χ1n) is 7.27. The van der Waals surface area contributed by atoms with Gasteiger partial charge in [-0.2, -0.15) is 0 Å². The van der Waals surface area contributed by atoms with Crippen LogP contribution in [0.25, 0.3) is 0 Å². The van der Waals surface area contributed by atoms with Gasteiger partial charge in [0.25, 0.3) is 0 Å². The summed E-state index contributed by atoms with van der Waals surface area (Å²) in [7, 11) is 1.60. The number of amides is 2. The second-order valence-corrected chi connectivity index (χ2v) is 5.72. The lowest BCUT2D eigenvalue weighted by Crippen LogP contribution is -2.47. The molecule has 6 heteroatoms. The molecule has 2 N–H and O–H groups in total. The molecule has 2 fully saturated rings. The number of rotatable bonds is 3. The van der Waals surface area contributed by atoms with E-state index in [-0.39, 0.29) is 17.7 Å². The van der Waals surface area contributed by atoms with Gasteiger partial charge < -0.3 is 15.3 Å². The highest BCUT2D eigenvalue weighted by Gasteiger charge is 2.41. The van der Waals surface area contributed by atoms with E-state index in [1.54, 1.807) is 11.9 Å². The van der Waals surface area contributed by atoms with Crippen LogP contribution in [-0.4, -0.2) is 47.9 Å². The summed E-state index contributed by atoms with van der Waals surface area (Å²) < 4.78 is 0. The van der Waals surface area contributed by atoms with E-state index in [2.05, 4.69) is 5.32 Å². The maximum atomic E-state index is 12.5. The molecule has 1 saturated heterocycles. The van der Waals surface area contributed by atoms with E-state index in [0.29, 0.717) is 25.9 Å². The number of aliphatic carboxylic acids is 1. The van der Waals surface area contributed by atoms with Gasteiger partial charge in [-0.05, 0) is 25.7 Å². The Hall–Kier alpha value is -1.59. The van der Waals surface area contributed by atoms with Crippen LogP contribution in [0, 0.1) is 17.8 Å². The van der Waals surface area contributed by atoms with E-state index in [1.165, 1.54) is 0 Å². The van der Waals surface area contributed by atoms with Crippen molar-refractivity contribution in [3.63, 3.8) is 0 Å². The molecule has 1 aliphatic heterocycles. The third kappa shape index (κ3) is 2.94. The molecule has 0 aromatic rings. The molecule has 0 aromatic heterocycles. The standard InChI is InChI=1S/C14H22N2O4/c1-15-12(17)9-4-3-7-16(8-9)13(18)10-5-2-6-11(10)14(19)20/h9-11H,2-8H2,1H3,(H,15,17)(H,19,20). The molecule has 2 rings (SSSR count). The number of hydrogen-bond donors (Lipinski definition) is 2. The van der Waals surface area contributed by atoms with Crippen LogP contribution >= 0.6 is 0 Å². The molecule has 2 amide bonds. The minimum Gasteiger partial charge on any atom is -0.481 e. The van der Waals surface area contributed by atoms with Crippen molar-refractivity contribution >= 4 is 17.8 Å². The summed E-state index contributed by atoms with van der Waals surface area (Å²) >= 11 is 0. The van der Waals surface area contributed by atoms with Crippen molar-refractivity contribution < 1.29 is 19.5 Å². The maximum Gasteiger partial charge on any atom is 0.307 e. The lowest BCUT2D eigenvalue weighted by Gasteiger charge is -2.34. The van der Waals surface area contributed by atoms with Crippen molar-refractivity contribution in [1.29, 1.82) is 0 Å². The van der Waals surface area contributed by atoms with Gasteiger partial charge in [-0.15, -0.1) is 0 Å². The minimum atomic E-state index is -0.874. The molecule has 0 spiro atoms. The van der Waals surface area contributed by atoms with Crippen LogP contribution in [0.5, 0.6) is 0 Å². The number of carboxylic acid groups (broad SMARTS) is 1. The Labute approximate surface area is 118 Å². The van der Waals surface area contributed by atoms with Gasteiger partial charge in [-0.1, -0.05) is 6.42 Å². The number of nitrogens with one attached hydrogen (secondary N) is 1. The molecule has 1 aliphatic carbocycles. The third-order valence-electron chi connectivity index (χ3n) is 4.50. The summed E-state index contributed by atoms with van der Waals surface area (Å²) in [6, 6.07) is 0. The largest absolute Gasteiger partial charge is 0.481 e. The monoisotopic (exact) mass is 282 g/mol. The fourth-order valence-electron chi connectivity index (χ4n) is 3.38. The van der Waals surface area contributed by atoms with Crippen molar-refractivity contribution in [1.82, 2.24) is 10.2 Å². The van der Waals surface area contributed by atoms with Crippen LogP contribution < -0.4 is 5.32 Å². The van der Waals surface area contributed by atoms with Gasteiger partial charge in [0.1, 0.15) is 0 Å². The van der Waals surface area contributed by atoms with Crippen LogP contribution in [0.15, 0.2) is 0 Å². The molecule has 3 unspecified atom stereocenters. The summed E-state index contributed by atoms with van der Waals surface area (Å²) in [6.07, 6.45) is 3.61. The molecular weight excluding hydrogens is 260 g/mol. The van der Waals surface area contributed by atoms with Gasteiger partial charge in [0.15, 0.2) is 0 Å². The summed E-state index contributed by atoms with van der Waals surface area (Å²) in [5.74, 6) is -2.12. The van der Waals surface area contributed by atoms with Crippen LogP contribution in [-0.2, 0) is 14.4 Å². The minimum absolute atomic E-state index is 0.0382. The highest BCUT2D eigenvalue weighted by atomic mass is 16.4. The van der Waals surface area contributed by atoms with Crippen molar-refractivity contribution in [3.8, 4) is 0 Å². The Kier molecular flexibility index (Phi) is 4.62. The molecule has 112 valence electrons. The van der Waals surface area contributed by atoms with Crippen LogP contribution in [0.1, 0.15) is 32.1 Å². The first kappa shape index (κ1) is 14.8. The fourth-order valence-corrected chi connectivity index (χ4v) is 3.38. The van der Waals surface area contributed by atoms with Crippen molar-refractivity contribution in [2.24, 2.45) is 17.8 Å². The maximum absolute atomic E-state index is 12.5. The molecule has 3 atom stereocenters. The zero-order valence-electron chi connectivity index (χ0n) is 11.8. The van der Waals surface area contributed by atoms with Gasteiger partial charge >= 0.3 is 5.97 Å². The summed E-state index contributed by atoms with van der Waals surface area (Å²) in [6.45, 7) is 1.05. The van der Waals surface area contributed by atoms with Crippen molar-refractivity contribution in [3.05, 3.63) is 0 Å². The highest BCUT2D eigenvalue weighted by Crippen LogP contribution is 2.34. The van der Waals surface area contributed by atoms with E-state index in [9.17, 15) is 19.5 Å². The lowest BCUT2D eigenvalue weighted by atomic mass is 9.91. The molecule has 6 nitrogen and oxygen atoms in total. The molecule has 2 aliphatic rings. The number of piperidine rings is 1. The van der Waals surface area contributed by atoms with Crippen LogP contribution in [0.4, 0.5) is 0 Å². The average Bonchev–Trinajstić information content (AvgIpc) is 2.95. The molecule has 0 radical (unpaired) electrons. The predicted molar refractivity (Wildman–Crippen MR) is 71.8 cm³/mol. The molecular formula is C14H22N2O4. The van der Waals surface area contributed by atoms with E-state index in [0.717, 1.165) is 19.3 Å². The number of carbonyl (C=O) groups excluding carboxylic acids is 2. The van der Waals surface area contributed by atoms with Gasteiger partial charge in [0.05, 0.1) is 17.8 Å². The topological polar surface area (TPSA) is 86.7 Å². The Morgan fingerprint density at radius 2 is 1.80 bits per heavy atom. The summed E-state index contributed by atoms with van der Waals surface area (Å²) in [4.78, 5) is 37.1. The lowest BCUT2D eigenvalue weighted by molar-refractivity contribution is -0.150. The van der Waals surface area contributed by atoms with Gasteiger partial charge in [0, 0.05) is 20.1 Å². The normalized spacial score (nSPS) is 30.1. The Morgan fingerprint density at radius 3 is 2.45 bits per heavy atom. The number of carbonyl (C=O) groups is 3. The SMILES string of the molecule is CNC(=O)C1CCCN(C(=O)C2CCCC2C(=O)O)C1. The number of carboxylic acids is 1. The van der Waals surface area contributed by atoms with Gasteiger partial charge in [-0.3, -0.25) is 14.4 Å². The fraction of sp³-hybridized carbons (Fsp3) is 0.786. The zero-order chi connectivity index (χ0) is 14.7. The molecule has 20 heavy (non-hydrogen) atoms. The summed E-state index contributed by atoms with van der Waals surface area (Å²) in [5.41, 5.74) is 0. The number of nitrogens with zero attached hydrogens (tertiary/aromatic N) is 1. The van der Waals surface area contributed by atoms with E-state index < -0.39 is 17.8 Å². The zero-order valence-corrected chi connectivity index (χ0v) is 11.8. The van der Waals surface area contributed by atoms with Gasteiger partial charge in [-0.25, -0.2) is 0 Å². The quantitative estimate of drug-likeness (QED) is 0.788. The first-order valence-corrected chi connectivity index (χ1v) is 7.27. The number of likely N-dealkylation sites (tertiary alicyclic amines) is 1. The van der Waals surface area contributed by atoms with E-state index >= 15 is 0 Å². The van der Waals surface area contributed by atoms with Crippen LogP contribution in [0.2, 0.25) is 0 Å². The van der Waals surface area contributed by atoms with Gasteiger partial charge in [0.2, 0.25) is 11.8 Å². The van der Waals surface area contributed by atoms with Crippen molar-refractivity contribution in [2.75, 3.05) is 20.1 Å². The Morgan fingerprint density at radius 1 is 1.10 bits per heavy atom. The summed E-state index contributed by atoms with van der Waals surface area (Å²) in [5, 5.41) is 11.8. The second-order valence-electron chi connectivity index (χ2n) is 5.72. The molecule has 0 aromatic carbocycles. The number of hydrogen-bond acceptors (Lipinski definition) is 3. The average molecular weight is 282 g/mol. The molecule has 1 heterocycles. The van der Waals surface area contributed by atoms with E-state index in [4.69, 9.17) is 0 Å². The first-order chi connectivity index (χ1) is 9.54. The molecule has 1 saturated carbocycles. The third-order valence-corrected chi connectivity index (χ3v) is 4.50. The van der Waals surface area contributed by atoms with Crippen molar-refractivity contribution in [2.45, 2.75) is 32.1 Å². The second kappa shape index (κ2) is 6.24. The Balaban J connectivity index is 2.01. The van der Waals surface area contributed by atoms with Crippen LogP contribution in [0.3, 0.4) is 0 Å². The molecule has 0 bridgehead atoms. The highest BCUT2D eigenvalue weighted by molar-refractivity contribution is 5.86.